The van der Waals surface area contributed by atoms with Crippen LogP contribution in [0.1, 0.15) is 15.9 Å². The van der Waals surface area contributed by atoms with Crippen molar-refractivity contribution in [3.05, 3.63) is 71.8 Å². The highest BCUT2D eigenvalue weighted by atomic mass is 32.1. The van der Waals surface area contributed by atoms with Gasteiger partial charge >= 0.3 is 6.03 Å². The second-order valence-electron chi connectivity index (χ2n) is 7.16. The highest BCUT2D eigenvalue weighted by Gasteiger charge is 2.13. The van der Waals surface area contributed by atoms with E-state index in [-0.39, 0.29) is 5.91 Å². The molecule has 0 fully saturated rings. The first-order valence-electron chi connectivity index (χ1n) is 10.0. The van der Waals surface area contributed by atoms with Gasteiger partial charge in [-0.3, -0.25) is 10.1 Å². The van der Waals surface area contributed by atoms with Gasteiger partial charge in [-0.25, -0.2) is 9.78 Å². The van der Waals surface area contributed by atoms with E-state index in [1.165, 1.54) is 11.3 Å². The van der Waals surface area contributed by atoms with Crippen LogP contribution in [0.25, 0.3) is 10.2 Å². The van der Waals surface area contributed by atoms with Gasteiger partial charge in [-0.1, -0.05) is 29.5 Å². The van der Waals surface area contributed by atoms with Crippen molar-refractivity contribution in [3.8, 4) is 11.5 Å². The Labute approximate surface area is 194 Å². The molecule has 1 heterocycles. The van der Waals surface area contributed by atoms with Gasteiger partial charge in [0.05, 0.1) is 24.4 Å². The Morgan fingerprint density at radius 1 is 0.848 bits per heavy atom. The third-order valence-corrected chi connectivity index (χ3v) is 5.73. The first-order valence-corrected chi connectivity index (χ1v) is 10.9. The first kappa shape index (κ1) is 22.1. The number of rotatable bonds is 6. The number of methoxy groups -OCH3 is 2. The van der Waals surface area contributed by atoms with Crippen LogP contribution in [0, 0.1) is 6.92 Å². The summed E-state index contributed by atoms with van der Waals surface area (Å²) >= 11 is 1.34. The Kier molecular flexibility index (Phi) is 6.41. The summed E-state index contributed by atoms with van der Waals surface area (Å²) in [6.07, 6.45) is 0. The van der Waals surface area contributed by atoms with Crippen LogP contribution in [-0.4, -0.2) is 31.1 Å². The van der Waals surface area contributed by atoms with Gasteiger partial charge in [0.1, 0.15) is 11.5 Å². The molecule has 168 valence electrons. The number of carbonyl (C=O) groups excluding carboxylic acids is 2. The second-order valence-corrected chi connectivity index (χ2v) is 8.19. The van der Waals surface area contributed by atoms with E-state index in [0.29, 0.717) is 33.6 Å². The molecule has 4 rings (SSSR count). The van der Waals surface area contributed by atoms with E-state index in [9.17, 15) is 9.59 Å². The van der Waals surface area contributed by atoms with Crippen molar-refractivity contribution >= 4 is 50.0 Å². The quantitative estimate of drug-likeness (QED) is 0.350. The number of fused-ring (bicyclic) bond motifs is 1. The van der Waals surface area contributed by atoms with E-state index in [0.717, 1.165) is 15.8 Å². The monoisotopic (exact) mass is 462 g/mol. The number of anilines is 3. The minimum atomic E-state index is -0.411. The van der Waals surface area contributed by atoms with Crippen LogP contribution in [0.2, 0.25) is 0 Å². The minimum absolute atomic E-state index is 0.223. The fraction of sp³-hybridized carbons (Fsp3) is 0.125. The normalized spacial score (nSPS) is 10.5. The van der Waals surface area contributed by atoms with Crippen molar-refractivity contribution in [1.29, 1.82) is 0 Å². The summed E-state index contributed by atoms with van der Waals surface area (Å²) in [5.74, 6) is 0.909. The third-order valence-electron chi connectivity index (χ3n) is 4.81. The second kappa shape index (κ2) is 9.58. The van der Waals surface area contributed by atoms with Crippen LogP contribution in [0.15, 0.2) is 60.7 Å². The number of nitrogens with one attached hydrogen (secondary N) is 3. The molecule has 0 bridgehead atoms. The molecule has 0 aliphatic carbocycles. The van der Waals surface area contributed by atoms with Crippen molar-refractivity contribution in [3.63, 3.8) is 0 Å². The molecule has 4 aromatic rings. The van der Waals surface area contributed by atoms with Gasteiger partial charge in [-0.15, -0.1) is 0 Å². The largest absolute Gasteiger partial charge is 0.497 e. The lowest BCUT2D eigenvalue weighted by molar-refractivity contribution is 0.102. The summed E-state index contributed by atoms with van der Waals surface area (Å²) < 4.78 is 11.3. The Balaban J connectivity index is 1.49. The SMILES string of the molecule is COc1cc(NC(=O)Nc2cc(C)c3nc(NC(=O)c4ccccc4)sc3c2)cc(OC)c1. The topological polar surface area (TPSA) is 102 Å². The highest BCUT2D eigenvalue weighted by molar-refractivity contribution is 7.22. The van der Waals surface area contributed by atoms with Crippen molar-refractivity contribution in [2.24, 2.45) is 0 Å². The van der Waals surface area contributed by atoms with Gasteiger partial charge in [0.15, 0.2) is 5.13 Å². The van der Waals surface area contributed by atoms with Gasteiger partial charge in [-0.05, 0) is 36.8 Å². The van der Waals surface area contributed by atoms with E-state index in [2.05, 4.69) is 20.9 Å². The number of benzene rings is 3. The highest BCUT2D eigenvalue weighted by Crippen LogP contribution is 2.32. The average molecular weight is 463 g/mol. The lowest BCUT2D eigenvalue weighted by atomic mass is 10.2. The standard InChI is InChI=1S/C24H22N4O4S/c1-14-9-16(25-23(30)26-17-10-18(31-2)13-19(11-17)32-3)12-20-21(14)27-24(33-20)28-22(29)15-7-5-4-6-8-15/h4-13H,1-3H3,(H2,25,26,30)(H,27,28,29). The first-order chi connectivity index (χ1) is 15.9. The summed E-state index contributed by atoms with van der Waals surface area (Å²) in [5.41, 5.74) is 3.35. The van der Waals surface area contributed by atoms with Crippen LogP contribution in [0.3, 0.4) is 0 Å². The average Bonchev–Trinajstić information content (AvgIpc) is 3.22. The molecule has 0 aliphatic heterocycles. The molecular weight excluding hydrogens is 440 g/mol. The minimum Gasteiger partial charge on any atom is -0.497 e. The zero-order valence-corrected chi connectivity index (χ0v) is 19.1. The van der Waals surface area contributed by atoms with Gasteiger partial charge in [-0.2, -0.15) is 0 Å². The Hall–Kier alpha value is -4.11. The van der Waals surface area contributed by atoms with Crippen molar-refractivity contribution < 1.29 is 19.1 Å². The maximum atomic E-state index is 12.6. The number of carbonyl (C=O) groups is 2. The van der Waals surface area contributed by atoms with Crippen LogP contribution < -0.4 is 25.4 Å². The molecule has 0 saturated heterocycles. The van der Waals surface area contributed by atoms with Gasteiger partial charge in [0, 0.05) is 35.1 Å². The number of urea groups is 1. The zero-order valence-electron chi connectivity index (χ0n) is 18.3. The summed E-state index contributed by atoms with van der Waals surface area (Å²) in [4.78, 5) is 29.5. The Morgan fingerprint density at radius 2 is 1.48 bits per heavy atom. The Bertz CT molecular complexity index is 1300. The van der Waals surface area contributed by atoms with Gasteiger partial charge < -0.3 is 20.1 Å². The molecule has 0 radical (unpaired) electrons. The van der Waals surface area contributed by atoms with Crippen molar-refractivity contribution in [2.75, 3.05) is 30.2 Å². The molecule has 0 spiro atoms. The summed E-state index contributed by atoms with van der Waals surface area (Å²) in [5, 5.41) is 8.94. The van der Waals surface area contributed by atoms with Gasteiger partial charge in [0.25, 0.3) is 5.91 Å². The number of aryl methyl sites for hydroxylation is 1. The maximum Gasteiger partial charge on any atom is 0.323 e. The number of hydrogen-bond donors (Lipinski definition) is 3. The van der Waals surface area contributed by atoms with Crippen molar-refractivity contribution in [2.45, 2.75) is 6.92 Å². The number of amides is 3. The summed E-state index contributed by atoms with van der Waals surface area (Å²) in [7, 11) is 3.09. The Morgan fingerprint density at radius 3 is 2.12 bits per heavy atom. The molecule has 1 aromatic heterocycles. The van der Waals surface area contributed by atoms with Crippen LogP contribution >= 0.6 is 11.3 Å². The fourth-order valence-electron chi connectivity index (χ4n) is 3.25. The molecule has 0 aliphatic rings. The number of ether oxygens (including phenoxy) is 2. The maximum absolute atomic E-state index is 12.6. The van der Waals surface area contributed by atoms with Gasteiger partial charge in [0.2, 0.25) is 0 Å². The third kappa shape index (κ3) is 5.21. The van der Waals surface area contributed by atoms with E-state index < -0.39 is 6.03 Å². The number of aromatic nitrogens is 1. The zero-order chi connectivity index (χ0) is 23.4. The molecule has 0 saturated carbocycles. The predicted octanol–water partition coefficient (Wildman–Crippen LogP) is 5.52. The molecule has 9 heteroatoms. The van der Waals surface area contributed by atoms with E-state index in [4.69, 9.17) is 9.47 Å². The lowest BCUT2D eigenvalue weighted by Crippen LogP contribution is -2.19. The molecule has 0 unspecified atom stereocenters. The summed E-state index contributed by atoms with van der Waals surface area (Å²) in [6.45, 7) is 1.90. The van der Waals surface area contributed by atoms with E-state index in [1.54, 1.807) is 44.6 Å². The molecular formula is C24H22N4O4S. The molecule has 3 aromatic carbocycles. The van der Waals surface area contributed by atoms with Crippen LogP contribution in [0.5, 0.6) is 11.5 Å². The van der Waals surface area contributed by atoms with E-state index >= 15 is 0 Å². The molecule has 33 heavy (non-hydrogen) atoms. The predicted molar refractivity (Wildman–Crippen MR) is 131 cm³/mol. The summed E-state index contributed by atoms with van der Waals surface area (Å²) in [6, 6.07) is 17.3. The molecule has 8 nitrogen and oxygen atoms in total. The van der Waals surface area contributed by atoms with Crippen molar-refractivity contribution in [1.82, 2.24) is 4.98 Å². The smallest absolute Gasteiger partial charge is 0.323 e. The fourth-order valence-corrected chi connectivity index (χ4v) is 4.23. The molecule has 3 amide bonds. The molecule has 3 N–H and O–H groups in total. The molecule has 0 atom stereocenters. The number of thiazole rings is 1. The number of nitrogens with zero attached hydrogens (tertiary/aromatic N) is 1. The van der Waals surface area contributed by atoms with Crippen LogP contribution in [0.4, 0.5) is 21.3 Å². The number of hydrogen-bond acceptors (Lipinski definition) is 6. The van der Waals surface area contributed by atoms with Crippen LogP contribution in [-0.2, 0) is 0 Å². The lowest BCUT2D eigenvalue weighted by Gasteiger charge is -2.11. The van der Waals surface area contributed by atoms with E-state index in [1.807, 2.05) is 37.3 Å².